The molecule has 1 heterocycles. The van der Waals surface area contributed by atoms with E-state index in [1.165, 1.54) is 0 Å². The van der Waals surface area contributed by atoms with Crippen LogP contribution in [0, 0.1) is 0 Å². The Hall–Kier alpha value is -2.90. The predicted octanol–water partition coefficient (Wildman–Crippen LogP) is 2.88. The number of nitrogens with zero attached hydrogens (tertiary/aromatic N) is 1. The van der Waals surface area contributed by atoms with E-state index < -0.39 is 5.79 Å². The van der Waals surface area contributed by atoms with Crippen molar-refractivity contribution < 1.29 is 23.7 Å². The van der Waals surface area contributed by atoms with Crippen LogP contribution >= 0.6 is 0 Å². The second-order valence-electron chi connectivity index (χ2n) is 6.49. The lowest BCUT2D eigenvalue weighted by molar-refractivity contribution is -0.159. The minimum absolute atomic E-state index is 0.0833. The molecule has 1 N–H and O–H groups in total. The zero-order chi connectivity index (χ0) is 19.8. The Morgan fingerprint density at radius 3 is 2.64 bits per heavy atom. The lowest BCUT2D eigenvalue weighted by Gasteiger charge is -2.20. The molecule has 0 atom stereocenters. The first-order chi connectivity index (χ1) is 13.6. The average molecular weight is 384 g/mol. The number of amides is 1. The molecule has 1 saturated heterocycles. The fourth-order valence-electron chi connectivity index (χ4n) is 2.79. The van der Waals surface area contributed by atoms with Gasteiger partial charge in [0.1, 0.15) is 6.61 Å². The second kappa shape index (κ2) is 9.34. The third-order valence-electron chi connectivity index (χ3n) is 4.21. The van der Waals surface area contributed by atoms with E-state index in [0.29, 0.717) is 31.3 Å². The van der Waals surface area contributed by atoms with Gasteiger partial charge >= 0.3 is 0 Å². The largest absolute Gasteiger partial charge is 0.493 e. The zero-order valence-corrected chi connectivity index (χ0v) is 16.0. The number of hydrazone groups is 1. The number of hydrogen-bond acceptors (Lipinski definition) is 6. The van der Waals surface area contributed by atoms with E-state index in [9.17, 15) is 4.79 Å². The van der Waals surface area contributed by atoms with E-state index >= 15 is 0 Å². The maximum atomic E-state index is 12.0. The first kappa shape index (κ1) is 19.9. The van der Waals surface area contributed by atoms with Crippen LogP contribution in [0.1, 0.15) is 24.5 Å². The van der Waals surface area contributed by atoms with Crippen LogP contribution in [0.15, 0.2) is 53.6 Å². The molecule has 7 heteroatoms. The molecule has 1 aliphatic rings. The molecular formula is C21H24N2O5. The standard InChI is InChI=1S/C21H24N2O5/c1-21(27-10-11-28-21)13-20(24)23-22-14-17-8-9-18(19(12-17)25-2)26-15-16-6-4-3-5-7-16/h3-9,12,14H,10-11,13,15H2,1-2H3,(H,23,24)/b22-14-. The molecule has 0 aliphatic carbocycles. The molecule has 28 heavy (non-hydrogen) atoms. The Kier molecular flexibility index (Phi) is 6.62. The van der Waals surface area contributed by atoms with Crippen molar-refractivity contribution in [2.75, 3.05) is 20.3 Å². The molecule has 0 unspecified atom stereocenters. The number of ether oxygens (including phenoxy) is 4. The molecular weight excluding hydrogens is 360 g/mol. The molecule has 2 aromatic rings. The number of hydrogen-bond donors (Lipinski definition) is 1. The highest BCUT2D eigenvalue weighted by molar-refractivity contribution is 5.83. The summed E-state index contributed by atoms with van der Waals surface area (Å²) in [5.41, 5.74) is 4.32. The van der Waals surface area contributed by atoms with Gasteiger partial charge in [-0.1, -0.05) is 30.3 Å². The van der Waals surface area contributed by atoms with Gasteiger partial charge in [0.15, 0.2) is 17.3 Å². The van der Waals surface area contributed by atoms with Crippen molar-refractivity contribution in [3.8, 4) is 11.5 Å². The van der Waals surface area contributed by atoms with Gasteiger partial charge in [0.25, 0.3) is 0 Å². The Balaban J connectivity index is 1.55. The molecule has 2 aromatic carbocycles. The minimum atomic E-state index is -0.874. The third kappa shape index (κ3) is 5.55. The molecule has 7 nitrogen and oxygen atoms in total. The highest BCUT2D eigenvalue weighted by atomic mass is 16.7. The van der Waals surface area contributed by atoms with E-state index in [1.54, 1.807) is 26.3 Å². The Labute approximate surface area is 164 Å². The fourth-order valence-corrected chi connectivity index (χ4v) is 2.79. The Bertz CT molecular complexity index is 817. The Morgan fingerprint density at radius 2 is 1.93 bits per heavy atom. The van der Waals surface area contributed by atoms with Gasteiger partial charge in [0.2, 0.25) is 5.91 Å². The number of nitrogens with one attached hydrogen (secondary N) is 1. The van der Waals surface area contributed by atoms with E-state index in [2.05, 4.69) is 10.5 Å². The van der Waals surface area contributed by atoms with Crippen molar-refractivity contribution in [2.45, 2.75) is 25.7 Å². The van der Waals surface area contributed by atoms with Crippen molar-refractivity contribution in [3.63, 3.8) is 0 Å². The maximum absolute atomic E-state index is 12.0. The topological polar surface area (TPSA) is 78.4 Å². The number of carbonyl (C=O) groups is 1. The summed E-state index contributed by atoms with van der Waals surface area (Å²) in [5.74, 6) is 0.0681. The SMILES string of the molecule is COc1cc(/C=N\NC(=O)CC2(C)OCCO2)ccc1OCc1ccccc1. The number of rotatable bonds is 8. The van der Waals surface area contributed by atoms with Crippen LogP contribution in [0.4, 0.5) is 0 Å². The molecule has 0 aromatic heterocycles. The molecule has 0 bridgehead atoms. The fraction of sp³-hybridized carbons (Fsp3) is 0.333. The van der Waals surface area contributed by atoms with Gasteiger partial charge in [-0.25, -0.2) is 5.43 Å². The minimum Gasteiger partial charge on any atom is -0.493 e. The summed E-state index contributed by atoms with van der Waals surface area (Å²) in [5, 5.41) is 3.98. The molecule has 1 amide bonds. The second-order valence-corrected chi connectivity index (χ2v) is 6.49. The summed E-state index contributed by atoms with van der Waals surface area (Å²) in [7, 11) is 1.58. The van der Waals surface area contributed by atoms with Gasteiger partial charge in [0, 0.05) is 0 Å². The first-order valence-corrected chi connectivity index (χ1v) is 9.02. The van der Waals surface area contributed by atoms with Crippen LogP contribution in [0.3, 0.4) is 0 Å². The molecule has 3 rings (SSSR count). The van der Waals surface area contributed by atoms with Crippen LogP contribution < -0.4 is 14.9 Å². The summed E-state index contributed by atoms with van der Waals surface area (Å²) in [6.07, 6.45) is 1.63. The van der Waals surface area contributed by atoms with Crippen LogP contribution in [0.5, 0.6) is 11.5 Å². The molecule has 1 fully saturated rings. The van der Waals surface area contributed by atoms with Gasteiger partial charge < -0.3 is 18.9 Å². The van der Waals surface area contributed by atoms with Gasteiger partial charge in [-0.05, 0) is 36.2 Å². The summed E-state index contributed by atoms with van der Waals surface area (Å²) in [6.45, 7) is 3.17. The van der Waals surface area contributed by atoms with Gasteiger partial charge in [-0.3, -0.25) is 4.79 Å². The van der Waals surface area contributed by atoms with E-state index in [1.807, 2.05) is 42.5 Å². The Morgan fingerprint density at radius 1 is 1.18 bits per heavy atom. The van der Waals surface area contributed by atoms with Crippen molar-refractivity contribution in [1.82, 2.24) is 5.43 Å². The number of carbonyl (C=O) groups excluding carboxylic acids is 1. The normalized spacial score (nSPS) is 15.5. The number of methoxy groups -OCH3 is 1. The summed E-state index contributed by atoms with van der Waals surface area (Å²) in [4.78, 5) is 12.0. The van der Waals surface area contributed by atoms with Crippen LogP contribution in [-0.2, 0) is 20.9 Å². The van der Waals surface area contributed by atoms with Crippen molar-refractivity contribution in [1.29, 1.82) is 0 Å². The van der Waals surface area contributed by atoms with E-state index in [-0.39, 0.29) is 12.3 Å². The maximum Gasteiger partial charge on any atom is 0.245 e. The van der Waals surface area contributed by atoms with Crippen LogP contribution in [0.25, 0.3) is 0 Å². The lowest BCUT2D eigenvalue weighted by atomic mass is 10.2. The first-order valence-electron chi connectivity index (χ1n) is 9.02. The third-order valence-corrected chi connectivity index (χ3v) is 4.21. The van der Waals surface area contributed by atoms with Crippen molar-refractivity contribution in [3.05, 3.63) is 59.7 Å². The summed E-state index contributed by atoms with van der Waals surface area (Å²) < 4.78 is 22.0. The lowest BCUT2D eigenvalue weighted by Crippen LogP contribution is -2.33. The molecule has 1 aliphatic heterocycles. The smallest absolute Gasteiger partial charge is 0.245 e. The molecule has 0 spiro atoms. The van der Waals surface area contributed by atoms with E-state index in [0.717, 1.165) is 11.1 Å². The van der Waals surface area contributed by atoms with E-state index in [4.69, 9.17) is 18.9 Å². The molecule has 0 radical (unpaired) electrons. The summed E-state index contributed by atoms with van der Waals surface area (Å²) >= 11 is 0. The van der Waals surface area contributed by atoms with Gasteiger partial charge in [-0.15, -0.1) is 0 Å². The van der Waals surface area contributed by atoms with Crippen LogP contribution in [0.2, 0.25) is 0 Å². The molecule has 148 valence electrons. The monoisotopic (exact) mass is 384 g/mol. The zero-order valence-electron chi connectivity index (χ0n) is 16.0. The molecule has 0 saturated carbocycles. The van der Waals surface area contributed by atoms with Crippen molar-refractivity contribution >= 4 is 12.1 Å². The summed E-state index contributed by atoms with van der Waals surface area (Å²) in [6, 6.07) is 15.3. The average Bonchev–Trinajstić information content (AvgIpc) is 3.13. The van der Waals surface area contributed by atoms with Crippen molar-refractivity contribution in [2.24, 2.45) is 5.10 Å². The van der Waals surface area contributed by atoms with Gasteiger partial charge in [0.05, 0.1) is 33.0 Å². The predicted molar refractivity (Wildman–Crippen MR) is 104 cm³/mol. The van der Waals surface area contributed by atoms with Gasteiger partial charge in [-0.2, -0.15) is 5.10 Å². The quantitative estimate of drug-likeness (QED) is 0.559. The highest BCUT2D eigenvalue weighted by Crippen LogP contribution is 2.28. The highest BCUT2D eigenvalue weighted by Gasteiger charge is 2.33. The number of benzene rings is 2. The van der Waals surface area contributed by atoms with Crippen LogP contribution in [-0.4, -0.2) is 38.2 Å².